The lowest BCUT2D eigenvalue weighted by molar-refractivity contribution is 0.297. The summed E-state index contributed by atoms with van der Waals surface area (Å²) in [5, 5.41) is 13.0. The second-order valence-electron chi connectivity index (χ2n) is 5.59. The van der Waals surface area contributed by atoms with Gasteiger partial charge in [0.15, 0.2) is 11.5 Å². The standard InChI is InChI=1S/C16H20N2O2S/c1-18-16(11-17)6-5-13(10-16)21-12-3-4-14-15(9-12)20-8-2-7-19-14/h3-4,9,13,18H,2,5-8,10H2,1H3. The van der Waals surface area contributed by atoms with Crippen LogP contribution in [0.4, 0.5) is 0 Å². The van der Waals surface area contributed by atoms with Crippen LogP contribution in [-0.2, 0) is 0 Å². The van der Waals surface area contributed by atoms with Gasteiger partial charge in [-0.25, -0.2) is 0 Å². The molecule has 1 saturated carbocycles. The monoisotopic (exact) mass is 304 g/mol. The van der Waals surface area contributed by atoms with E-state index in [9.17, 15) is 5.26 Å². The Bertz CT molecular complexity index is 558. The topological polar surface area (TPSA) is 54.3 Å². The molecule has 5 heteroatoms. The molecule has 0 amide bonds. The zero-order chi connectivity index (χ0) is 14.7. The molecule has 2 aliphatic rings. The van der Waals surface area contributed by atoms with Gasteiger partial charge in [0.05, 0.1) is 19.3 Å². The average molecular weight is 304 g/mol. The maximum Gasteiger partial charge on any atom is 0.162 e. The summed E-state index contributed by atoms with van der Waals surface area (Å²) in [5.41, 5.74) is -0.344. The van der Waals surface area contributed by atoms with E-state index >= 15 is 0 Å². The Balaban J connectivity index is 1.69. The first-order valence-corrected chi connectivity index (χ1v) is 8.29. The van der Waals surface area contributed by atoms with Gasteiger partial charge in [-0.15, -0.1) is 11.8 Å². The summed E-state index contributed by atoms with van der Waals surface area (Å²) in [5.74, 6) is 1.68. The summed E-state index contributed by atoms with van der Waals surface area (Å²) < 4.78 is 11.4. The largest absolute Gasteiger partial charge is 0.490 e. The number of benzene rings is 1. The third kappa shape index (κ3) is 3.12. The Kier molecular flexibility index (Phi) is 4.27. The van der Waals surface area contributed by atoms with E-state index in [2.05, 4.69) is 23.5 Å². The summed E-state index contributed by atoms with van der Waals surface area (Å²) in [6.07, 6.45) is 3.79. The van der Waals surface area contributed by atoms with Crippen molar-refractivity contribution in [1.82, 2.24) is 5.32 Å². The zero-order valence-corrected chi connectivity index (χ0v) is 13.0. The second-order valence-corrected chi connectivity index (χ2v) is 6.96. The van der Waals surface area contributed by atoms with E-state index < -0.39 is 0 Å². The maximum absolute atomic E-state index is 9.33. The lowest BCUT2D eigenvalue weighted by atomic mass is 10.0. The third-order valence-electron chi connectivity index (χ3n) is 4.18. The van der Waals surface area contributed by atoms with Gasteiger partial charge in [0, 0.05) is 16.6 Å². The van der Waals surface area contributed by atoms with Crippen molar-refractivity contribution in [2.24, 2.45) is 0 Å². The second kappa shape index (κ2) is 6.17. The van der Waals surface area contributed by atoms with Crippen molar-refractivity contribution in [3.63, 3.8) is 0 Å². The molecular weight excluding hydrogens is 284 g/mol. The summed E-state index contributed by atoms with van der Waals surface area (Å²) in [6.45, 7) is 1.43. The number of ether oxygens (including phenoxy) is 2. The molecule has 1 aromatic carbocycles. The molecule has 1 fully saturated rings. The number of rotatable bonds is 3. The fourth-order valence-electron chi connectivity index (χ4n) is 2.89. The molecule has 0 saturated heterocycles. The number of nitriles is 1. The Morgan fingerprint density at radius 1 is 1.33 bits per heavy atom. The summed E-state index contributed by atoms with van der Waals surface area (Å²) in [6, 6.07) is 8.58. The van der Waals surface area contributed by atoms with Crippen molar-refractivity contribution < 1.29 is 9.47 Å². The Morgan fingerprint density at radius 3 is 2.86 bits per heavy atom. The molecule has 4 nitrogen and oxygen atoms in total. The van der Waals surface area contributed by atoms with Gasteiger partial charge in [0.1, 0.15) is 5.54 Å². The van der Waals surface area contributed by atoms with Crippen LogP contribution in [0.3, 0.4) is 0 Å². The van der Waals surface area contributed by atoms with E-state index in [1.807, 2.05) is 24.9 Å². The number of hydrogen-bond acceptors (Lipinski definition) is 5. The predicted octanol–water partition coefficient (Wildman–Crippen LogP) is 2.97. The Labute approximate surface area is 129 Å². The smallest absolute Gasteiger partial charge is 0.162 e. The molecule has 3 rings (SSSR count). The summed E-state index contributed by atoms with van der Waals surface area (Å²) in [7, 11) is 1.88. The predicted molar refractivity (Wildman–Crippen MR) is 82.9 cm³/mol. The van der Waals surface area contributed by atoms with Crippen LogP contribution >= 0.6 is 11.8 Å². The minimum Gasteiger partial charge on any atom is -0.490 e. The highest BCUT2D eigenvalue weighted by Gasteiger charge is 2.38. The van der Waals surface area contributed by atoms with E-state index in [0.717, 1.165) is 43.8 Å². The summed E-state index contributed by atoms with van der Waals surface area (Å²) >= 11 is 1.84. The number of fused-ring (bicyclic) bond motifs is 1. The molecule has 1 N–H and O–H groups in total. The van der Waals surface area contributed by atoms with Gasteiger partial charge in [0.25, 0.3) is 0 Å². The van der Waals surface area contributed by atoms with Gasteiger partial charge in [-0.1, -0.05) is 0 Å². The normalized spacial score (nSPS) is 27.9. The minimum atomic E-state index is -0.344. The average Bonchev–Trinajstić information content (AvgIpc) is 2.77. The molecule has 1 aromatic rings. The quantitative estimate of drug-likeness (QED) is 0.930. The number of nitrogens with zero attached hydrogens (tertiary/aromatic N) is 1. The molecule has 1 aliphatic heterocycles. The van der Waals surface area contributed by atoms with Gasteiger partial charge >= 0.3 is 0 Å². The van der Waals surface area contributed by atoms with E-state index in [-0.39, 0.29) is 5.54 Å². The van der Waals surface area contributed by atoms with Crippen LogP contribution in [0.15, 0.2) is 23.1 Å². The number of nitrogens with one attached hydrogen (secondary N) is 1. The van der Waals surface area contributed by atoms with Gasteiger partial charge in [-0.2, -0.15) is 5.26 Å². The van der Waals surface area contributed by atoms with Crippen molar-refractivity contribution in [3.8, 4) is 17.6 Å². The lowest BCUT2D eigenvalue weighted by Gasteiger charge is -2.19. The van der Waals surface area contributed by atoms with Crippen LogP contribution in [0, 0.1) is 11.3 Å². The van der Waals surface area contributed by atoms with E-state index in [0.29, 0.717) is 11.9 Å². The lowest BCUT2D eigenvalue weighted by Crippen LogP contribution is -2.38. The summed E-state index contributed by atoms with van der Waals surface area (Å²) in [4.78, 5) is 1.19. The third-order valence-corrected chi connectivity index (χ3v) is 5.45. The van der Waals surface area contributed by atoms with Gasteiger partial charge in [-0.05, 0) is 44.5 Å². The molecule has 2 unspecified atom stereocenters. The molecule has 21 heavy (non-hydrogen) atoms. The van der Waals surface area contributed by atoms with Gasteiger partial charge in [0.2, 0.25) is 0 Å². The Morgan fingerprint density at radius 2 is 2.14 bits per heavy atom. The number of thioether (sulfide) groups is 1. The van der Waals surface area contributed by atoms with E-state index in [4.69, 9.17) is 9.47 Å². The van der Waals surface area contributed by atoms with Crippen LogP contribution in [0.25, 0.3) is 0 Å². The molecule has 1 aliphatic carbocycles. The van der Waals surface area contributed by atoms with Crippen LogP contribution in [-0.4, -0.2) is 31.1 Å². The first-order valence-electron chi connectivity index (χ1n) is 7.41. The Hall–Kier alpha value is -1.38. The van der Waals surface area contributed by atoms with Gasteiger partial charge in [-0.3, -0.25) is 0 Å². The molecule has 0 radical (unpaired) electrons. The van der Waals surface area contributed by atoms with Gasteiger partial charge < -0.3 is 14.8 Å². The van der Waals surface area contributed by atoms with Crippen molar-refractivity contribution in [1.29, 1.82) is 5.26 Å². The molecule has 0 spiro atoms. The maximum atomic E-state index is 9.33. The minimum absolute atomic E-state index is 0.344. The first kappa shape index (κ1) is 14.6. The van der Waals surface area contributed by atoms with E-state index in [1.54, 1.807) is 0 Å². The van der Waals surface area contributed by atoms with Crippen LogP contribution in [0.2, 0.25) is 0 Å². The highest BCUT2D eigenvalue weighted by Crippen LogP contribution is 2.42. The molecular formula is C16H20N2O2S. The highest BCUT2D eigenvalue weighted by molar-refractivity contribution is 8.00. The fraction of sp³-hybridized carbons (Fsp3) is 0.562. The van der Waals surface area contributed by atoms with Crippen LogP contribution in [0.1, 0.15) is 25.7 Å². The SMILES string of the molecule is CNC1(C#N)CCC(Sc2ccc3c(c2)OCCCO3)C1. The first-order chi connectivity index (χ1) is 10.2. The van der Waals surface area contributed by atoms with Crippen molar-refractivity contribution in [2.75, 3.05) is 20.3 Å². The van der Waals surface area contributed by atoms with Crippen molar-refractivity contribution in [3.05, 3.63) is 18.2 Å². The van der Waals surface area contributed by atoms with Crippen LogP contribution < -0.4 is 14.8 Å². The zero-order valence-electron chi connectivity index (χ0n) is 12.2. The van der Waals surface area contributed by atoms with Crippen LogP contribution in [0.5, 0.6) is 11.5 Å². The molecule has 0 aromatic heterocycles. The fourth-order valence-corrected chi connectivity index (χ4v) is 4.20. The highest BCUT2D eigenvalue weighted by atomic mass is 32.2. The van der Waals surface area contributed by atoms with Crippen molar-refractivity contribution >= 4 is 11.8 Å². The van der Waals surface area contributed by atoms with E-state index in [1.165, 1.54) is 4.90 Å². The molecule has 0 bridgehead atoms. The van der Waals surface area contributed by atoms with Crippen molar-refractivity contribution in [2.45, 2.75) is 41.4 Å². The molecule has 2 atom stereocenters. The molecule has 112 valence electrons. The molecule has 1 heterocycles. The number of hydrogen-bond donors (Lipinski definition) is 1.